The fourth-order valence-electron chi connectivity index (χ4n) is 1.45. The summed E-state index contributed by atoms with van der Waals surface area (Å²) in [5.74, 6) is -0.183. The van der Waals surface area contributed by atoms with E-state index in [-0.39, 0.29) is 5.84 Å². The molecule has 1 fully saturated rings. The lowest BCUT2D eigenvalue weighted by atomic mass is 10.00. The number of rotatable bonds is 5. The molecule has 0 saturated carbocycles. The number of nitrogens with two attached hydrogens (primary N) is 1. The lowest BCUT2D eigenvalue weighted by molar-refractivity contribution is 0.0722. The minimum atomic E-state index is -3.62. The van der Waals surface area contributed by atoms with Gasteiger partial charge in [0.15, 0.2) is 0 Å². The first-order valence-electron chi connectivity index (χ1n) is 5.53. The van der Waals surface area contributed by atoms with Gasteiger partial charge in [-0.25, -0.2) is 0 Å². The smallest absolute Gasteiger partial charge is 0.280 e. The van der Waals surface area contributed by atoms with E-state index in [0.29, 0.717) is 32.7 Å². The lowest BCUT2D eigenvalue weighted by Crippen LogP contribution is -2.59. The van der Waals surface area contributed by atoms with Gasteiger partial charge in [0.1, 0.15) is 5.84 Å². The van der Waals surface area contributed by atoms with Crippen molar-refractivity contribution < 1.29 is 13.2 Å². The van der Waals surface area contributed by atoms with Gasteiger partial charge in [-0.15, -0.1) is 0 Å². The van der Waals surface area contributed by atoms with Crippen molar-refractivity contribution in [2.24, 2.45) is 5.73 Å². The Morgan fingerprint density at radius 1 is 1.53 bits per heavy atom. The number of ether oxygens (including phenoxy) is 1. The Bertz CT molecular complexity index is 378. The van der Waals surface area contributed by atoms with Crippen LogP contribution >= 0.6 is 0 Å². The number of nitrogens with one attached hydrogen (secondary N) is 2. The van der Waals surface area contributed by atoms with Crippen molar-refractivity contribution in [1.29, 1.82) is 5.41 Å². The molecule has 1 atom stereocenters. The summed E-state index contributed by atoms with van der Waals surface area (Å²) in [5, 5.41) is 7.45. The first-order valence-corrected chi connectivity index (χ1v) is 6.97. The molecule has 0 bridgehead atoms. The summed E-state index contributed by atoms with van der Waals surface area (Å²) in [5.41, 5.74) is 4.40. The summed E-state index contributed by atoms with van der Waals surface area (Å²) in [6.07, 6.45) is 0.423. The summed E-state index contributed by atoms with van der Waals surface area (Å²) in [4.78, 5) is 0. The third-order valence-electron chi connectivity index (χ3n) is 2.97. The number of nitrogens with zero attached hydrogens (tertiary/aromatic N) is 1. The second-order valence-electron chi connectivity index (χ2n) is 4.22. The molecule has 0 aliphatic carbocycles. The van der Waals surface area contributed by atoms with Crippen molar-refractivity contribution in [3.05, 3.63) is 0 Å². The maximum atomic E-state index is 12.1. The molecular weight excluding hydrogens is 244 g/mol. The minimum absolute atomic E-state index is 0.183. The summed E-state index contributed by atoms with van der Waals surface area (Å²) in [6, 6.07) is 0. The van der Waals surface area contributed by atoms with E-state index in [1.54, 1.807) is 13.8 Å². The third kappa shape index (κ3) is 3.38. The van der Waals surface area contributed by atoms with E-state index in [9.17, 15) is 8.42 Å². The van der Waals surface area contributed by atoms with Gasteiger partial charge in [-0.05, 0) is 13.3 Å². The molecule has 17 heavy (non-hydrogen) atoms. The maximum Gasteiger partial charge on any atom is 0.280 e. The monoisotopic (exact) mass is 264 g/mol. The molecule has 1 rings (SSSR count). The van der Waals surface area contributed by atoms with Crippen molar-refractivity contribution in [3.63, 3.8) is 0 Å². The first kappa shape index (κ1) is 14.4. The van der Waals surface area contributed by atoms with Crippen molar-refractivity contribution in [2.75, 3.05) is 26.3 Å². The highest BCUT2D eigenvalue weighted by molar-refractivity contribution is 7.87. The van der Waals surface area contributed by atoms with E-state index in [0.717, 1.165) is 0 Å². The van der Waals surface area contributed by atoms with Gasteiger partial charge in [-0.1, -0.05) is 6.92 Å². The summed E-state index contributed by atoms with van der Waals surface area (Å²) in [6.45, 7) is 4.82. The summed E-state index contributed by atoms with van der Waals surface area (Å²) in [7, 11) is -3.62. The van der Waals surface area contributed by atoms with Gasteiger partial charge in [0, 0.05) is 13.1 Å². The second-order valence-corrected chi connectivity index (χ2v) is 5.89. The predicted octanol–water partition coefficient (Wildman–Crippen LogP) is -0.742. The molecule has 0 amide bonds. The maximum absolute atomic E-state index is 12.1. The summed E-state index contributed by atoms with van der Waals surface area (Å²) < 4.78 is 33.0. The lowest BCUT2D eigenvalue weighted by Gasteiger charge is -2.33. The van der Waals surface area contributed by atoms with Crippen LogP contribution in [0.25, 0.3) is 0 Å². The van der Waals surface area contributed by atoms with Crippen LogP contribution in [0.4, 0.5) is 0 Å². The molecule has 1 unspecified atom stereocenters. The molecule has 8 heteroatoms. The average molecular weight is 264 g/mol. The van der Waals surface area contributed by atoms with Crippen LogP contribution in [0.15, 0.2) is 0 Å². The van der Waals surface area contributed by atoms with Gasteiger partial charge >= 0.3 is 0 Å². The standard InChI is InChI=1S/C9H20N4O3S/c1-3-9(2,8(10)11)12-17(14,15)13-4-6-16-7-5-13/h12H,3-7H2,1-2H3,(H3,10,11). The van der Waals surface area contributed by atoms with Crippen LogP contribution in [0, 0.1) is 5.41 Å². The van der Waals surface area contributed by atoms with Crippen LogP contribution in [-0.4, -0.2) is 50.4 Å². The second kappa shape index (κ2) is 5.30. The van der Waals surface area contributed by atoms with Crippen molar-refractivity contribution >= 4 is 16.0 Å². The Balaban J connectivity index is 2.80. The summed E-state index contributed by atoms with van der Waals surface area (Å²) >= 11 is 0. The van der Waals surface area contributed by atoms with E-state index < -0.39 is 15.7 Å². The van der Waals surface area contributed by atoms with E-state index in [1.807, 2.05) is 0 Å². The molecule has 7 nitrogen and oxygen atoms in total. The normalized spacial score (nSPS) is 22.0. The Labute approximate surface area is 102 Å². The highest BCUT2D eigenvalue weighted by atomic mass is 32.2. The van der Waals surface area contributed by atoms with Crippen molar-refractivity contribution in [2.45, 2.75) is 25.8 Å². The van der Waals surface area contributed by atoms with Gasteiger partial charge in [-0.3, -0.25) is 5.41 Å². The van der Waals surface area contributed by atoms with E-state index in [1.165, 1.54) is 4.31 Å². The molecule has 100 valence electrons. The zero-order chi connectivity index (χ0) is 13.1. The Hall–Kier alpha value is -0.700. The topological polar surface area (TPSA) is 109 Å². The quantitative estimate of drug-likeness (QED) is 0.449. The minimum Gasteiger partial charge on any atom is -0.386 e. The molecule has 4 N–H and O–H groups in total. The Kier molecular flexibility index (Phi) is 4.48. The fourth-order valence-corrected chi connectivity index (χ4v) is 3.04. The zero-order valence-electron chi connectivity index (χ0n) is 10.2. The Morgan fingerprint density at radius 3 is 2.47 bits per heavy atom. The fraction of sp³-hybridized carbons (Fsp3) is 0.889. The van der Waals surface area contributed by atoms with E-state index in [4.69, 9.17) is 15.9 Å². The van der Waals surface area contributed by atoms with Crippen LogP contribution in [0.3, 0.4) is 0 Å². The van der Waals surface area contributed by atoms with Crippen molar-refractivity contribution in [3.8, 4) is 0 Å². The molecular formula is C9H20N4O3S. The molecule has 0 spiro atoms. The zero-order valence-corrected chi connectivity index (χ0v) is 11.0. The highest BCUT2D eigenvalue weighted by Crippen LogP contribution is 2.13. The molecule has 0 aromatic heterocycles. The van der Waals surface area contributed by atoms with Crippen LogP contribution in [-0.2, 0) is 14.9 Å². The van der Waals surface area contributed by atoms with E-state index in [2.05, 4.69) is 4.72 Å². The third-order valence-corrected chi connectivity index (χ3v) is 4.72. The van der Waals surface area contributed by atoms with Gasteiger partial charge in [0.05, 0.1) is 18.8 Å². The van der Waals surface area contributed by atoms with E-state index >= 15 is 0 Å². The molecule has 1 aliphatic heterocycles. The van der Waals surface area contributed by atoms with Crippen molar-refractivity contribution in [1.82, 2.24) is 9.03 Å². The van der Waals surface area contributed by atoms with Gasteiger partial charge in [0.25, 0.3) is 10.2 Å². The number of hydrogen-bond donors (Lipinski definition) is 3. The van der Waals surface area contributed by atoms with Gasteiger partial charge in [0.2, 0.25) is 0 Å². The molecule has 1 heterocycles. The van der Waals surface area contributed by atoms with Crippen LogP contribution in [0.1, 0.15) is 20.3 Å². The van der Waals surface area contributed by atoms with Gasteiger partial charge < -0.3 is 10.5 Å². The molecule has 0 aromatic rings. The van der Waals surface area contributed by atoms with Crippen LogP contribution in [0.5, 0.6) is 0 Å². The first-order chi connectivity index (χ1) is 7.82. The van der Waals surface area contributed by atoms with Gasteiger partial charge in [-0.2, -0.15) is 17.4 Å². The molecule has 0 radical (unpaired) electrons. The SMILES string of the molecule is CCC(C)(NS(=O)(=O)N1CCOCC1)C(=N)N. The molecule has 0 aromatic carbocycles. The average Bonchev–Trinajstić information content (AvgIpc) is 2.29. The Morgan fingerprint density at radius 2 is 2.06 bits per heavy atom. The number of hydrogen-bond acceptors (Lipinski definition) is 4. The molecule has 1 saturated heterocycles. The van der Waals surface area contributed by atoms with Crippen LogP contribution in [0.2, 0.25) is 0 Å². The highest BCUT2D eigenvalue weighted by Gasteiger charge is 2.34. The molecule has 1 aliphatic rings. The number of amidine groups is 1. The van der Waals surface area contributed by atoms with Crippen LogP contribution < -0.4 is 10.5 Å². The predicted molar refractivity (Wildman–Crippen MR) is 65.1 cm³/mol. The largest absolute Gasteiger partial charge is 0.386 e. The number of morpholine rings is 1.